The van der Waals surface area contributed by atoms with Gasteiger partial charge in [-0.3, -0.25) is 14.5 Å². The third-order valence-electron chi connectivity index (χ3n) is 10.0. The Bertz CT molecular complexity index is 1380. The van der Waals surface area contributed by atoms with Gasteiger partial charge in [0, 0.05) is 47.5 Å². The molecule has 8 nitrogen and oxygen atoms in total. The number of hydrogen-bond acceptors (Lipinski definition) is 7. The lowest BCUT2D eigenvalue weighted by atomic mass is 9.88. The number of nitrogens with zero attached hydrogens (tertiary/aromatic N) is 3. The van der Waals surface area contributed by atoms with Crippen molar-refractivity contribution in [3.8, 4) is 9.75 Å². The fraction of sp³-hybridized carbons (Fsp3) is 0.688. The highest BCUT2D eigenvalue weighted by Gasteiger charge is 2.38. The number of halogens is 1. The topological polar surface area (TPSA) is 90.0 Å². The first-order valence-electron chi connectivity index (χ1n) is 16.5. The summed E-state index contributed by atoms with van der Waals surface area (Å²) >= 11 is 8.62. The molecule has 1 N–H and O–H groups in total. The quantitative estimate of drug-likeness (QED) is 0.316. The summed E-state index contributed by atoms with van der Waals surface area (Å²) in [6.07, 6.45) is 16.1. The second-order valence-electron chi connectivity index (χ2n) is 13.0. The summed E-state index contributed by atoms with van der Waals surface area (Å²) in [5.41, 5.74) is 0. The molecule has 0 bridgehead atoms. The van der Waals surface area contributed by atoms with Gasteiger partial charge in [-0.1, -0.05) is 50.1 Å². The summed E-state index contributed by atoms with van der Waals surface area (Å²) < 4.78 is 30.0. The number of hydrogen-bond donors (Lipinski definition) is 1. The number of rotatable bonds is 10. The highest BCUT2D eigenvalue weighted by atomic mass is 35.5. The lowest BCUT2D eigenvalue weighted by Crippen LogP contribution is -2.56. The van der Waals surface area contributed by atoms with Crippen molar-refractivity contribution in [1.29, 1.82) is 0 Å². The Morgan fingerprint density at radius 1 is 0.841 bits per heavy atom. The smallest absolute Gasteiger partial charge is 0.250 e. The number of sulfonamides is 1. The minimum absolute atomic E-state index is 0.00546. The molecule has 6 rings (SSSR count). The first-order valence-corrected chi connectivity index (χ1v) is 20.0. The molecule has 2 aliphatic heterocycles. The number of thiophene rings is 2. The molecule has 2 aliphatic carbocycles. The molecule has 242 valence electrons. The highest BCUT2D eigenvalue weighted by molar-refractivity contribution is 7.91. The molecule has 2 saturated heterocycles. The maximum atomic E-state index is 13.7. The predicted octanol–water partition coefficient (Wildman–Crippen LogP) is 6.36. The Morgan fingerprint density at radius 3 is 2.14 bits per heavy atom. The van der Waals surface area contributed by atoms with E-state index < -0.39 is 16.1 Å². The monoisotopic (exact) mass is 680 g/mol. The van der Waals surface area contributed by atoms with E-state index in [0.717, 1.165) is 47.0 Å². The fourth-order valence-corrected chi connectivity index (χ4v) is 11.4. The van der Waals surface area contributed by atoms with Crippen molar-refractivity contribution in [2.24, 2.45) is 0 Å². The van der Waals surface area contributed by atoms with Gasteiger partial charge in [0.05, 0.1) is 10.9 Å². The van der Waals surface area contributed by atoms with Gasteiger partial charge < -0.3 is 9.80 Å². The van der Waals surface area contributed by atoms with Crippen LogP contribution in [-0.4, -0.2) is 85.3 Å². The summed E-state index contributed by atoms with van der Waals surface area (Å²) in [6.45, 7) is 2.17. The summed E-state index contributed by atoms with van der Waals surface area (Å²) in [5.74, 6) is -0.314. The van der Waals surface area contributed by atoms with E-state index in [4.69, 9.17) is 11.6 Å². The van der Waals surface area contributed by atoms with E-state index in [1.165, 1.54) is 75.5 Å². The average molecular weight is 681 g/mol. The number of piperidine rings is 1. The Labute approximate surface area is 275 Å². The molecule has 44 heavy (non-hydrogen) atoms. The van der Waals surface area contributed by atoms with Crippen LogP contribution in [0, 0.1) is 0 Å². The van der Waals surface area contributed by atoms with Gasteiger partial charge in [0.15, 0.2) is 0 Å². The number of amides is 2. The van der Waals surface area contributed by atoms with Crippen LogP contribution in [0.15, 0.2) is 28.5 Å². The summed E-state index contributed by atoms with van der Waals surface area (Å²) in [4.78, 5) is 35.3. The van der Waals surface area contributed by atoms with E-state index in [9.17, 15) is 18.0 Å². The van der Waals surface area contributed by atoms with Gasteiger partial charge in [0.1, 0.15) is 10.3 Å². The zero-order valence-corrected chi connectivity index (χ0v) is 28.6. The van der Waals surface area contributed by atoms with Crippen LogP contribution in [0.25, 0.3) is 9.75 Å². The van der Waals surface area contributed by atoms with Crippen LogP contribution in [0.1, 0.15) is 89.9 Å². The SMILES string of the molecule is O=C1C(NS(=O)(=O)c2ccc(-c3ccc(Cl)s3)s2)CCCN1CC(=O)N1CCCC1CN(C1CCCCC1)C1CCCCC1. The Kier molecular flexibility index (Phi) is 10.7. The number of likely N-dealkylation sites (tertiary alicyclic amines) is 2. The Hall–Kier alpha value is -1.50. The average Bonchev–Trinajstić information content (AvgIpc) is 3.80. The third-order valence-corrected chi connectivity index (χ3v) is 14.5. The normalized spacial score (nSPS) is 24.5. The van der Waals surface area contributed by atoms with E-state index in [-0.39, 0.29) is 28.6 Å². The molecule has 2 amide bonds. The van der Waals surface area contributed by atoms with Crippen LogP contribution in [0.2, 0.25) is 4.34 Å². The van der Waals surface area contributed by atoms with Crippen LogP contribution < -0.4 is 4.72 Å². The molecule has 0 aromatic carbocycles. The predicted molar refractivity (Wildman–Crippen MR) is 178 cm³/mol. The molecule has 2 aromatic heterocycles. The van der Waals surface area contributed by atoms with Crippen molar-refractivity contribution < 1.29 is 18.0 Å². The molecule has 4 aliphatic rings. The summed E-state index contributed by atoms with van der Waals surface area (Å²) in [5, 5.41) is 0. The number of carbonyl (C=O) groups is 2. The van der Waals surface area contributed by atoms with E-state index in [1.807, 2.05) is 11.0 Å². The molecule has 4 heterocycles. The number of nitrogens with one attached hydrogen (secondary N) is 1. The van der Waals surface area contributed by atoms with E-state index in [1.54, 1.807) is 23.1 Å². The van der Waals surface area contributed by atoms with Crippen LogP contribution >= 0.6 is 34.3 Å². The van der Waals surface area contributed by atoms with Gasteiger partial charge in [0.2, 0.25) is 11.8 Å². The van der Waals surface area contributed by atoms with Gasteiger partial charge in [-0.05, 0) is 75.6 Å². The molecule has 0 radical (unpaired) electrons. The standard InChI is InChI=1S/C32H45ClN4O4S3/c33-29-17-15-27(42-29)28-16-18-31(43-28)44(40,41)34-26-14-8-19-35(32(26)39)22-30(38)36-20-7-13-25(36)21-37(23-9-3-1-4-10-23)24-11-5-2-6-12-24/h15-18,23-26,34H,1-14,19-22H2. The maximum Gasteiger partial charge on any atom is 0.250 e. The van der Waals surface area contributed by atoms with Crippen molar-refractivity contribution in [1.82, 2.24) is 19.4 Å². The van der Waals surface area contributed by atoms with E-state index in [2.05, 4.69) is 9.62 Å². The van der Waals surface area contributed by atoms with Crippen LogP contribution in [0.5, 0.6) is 0 Å². The van der Waals surface area contributed by atoms with Crippen molar-refractivity contribution >= 4 is 56.1 Å². The molecule has 2 aromatic rings. The molecule has 0 spiro atoms. The minimum Gasteiger partial charge on any atom is -0.337 e. The molecule has 2 saturated carbocycles. The highest BCUT2D eigenvalue weighted by Crippen LogP contribution is 2.37. The van der Waals surface area contributed by atoms with Gasteiger partial charge >= 0.3 is 0 Å². The van der Waals surface area contributed by atoms with Gasteiger partial charge in [-0.15, -0.1) is 22.7 Å². The maximum absolute atomic E-state index is 13.7. The summed E-state index contributed by atoms with van der Waals surface area (Å²) in [7, 11) is -3.89. The second-order valence-corrected chi connectivity index (χ2v) is 17.7. The zero-order valence-electron chi connectivity index (χ0n) is 25.4. The molecular weight excluding hydrogens is 636 g/mol. The first-order chi connectivity index (χ1) is 21.3. The van der Waals surface area contributed by atoms with E-state index in [0.29, 0.717) is 35.8 Å². The van der Waals surface area contributed by atoms with E-state index >= 15 is 0 Å². The minimum atomic E-state index is -3.89. The largest absolute Gasteiger partial charge is 0.337 e. The van der Waals surface area contributed by atoms with Gasteiger partial charge in [-0.25, -0.2) is 8.42 Å². The molecule has 2 atom stereocenters. The zero-order chi connectivity index (χ0) is 30.7. The van der Waals surface area contributed by atoms with Gasteiger partial charge in [-0.2, -0.15) is 4.72 Å². The van der Waals surface area contributed by atoms with Gasteiger partial charge in [0.25, 0.3) is 10.0 Å². The first kappa shape index (κ1) is 32.4. The summed E-state index contributed by atoms with van der Waals surface area (Å²) in [6, 6.07) is 7.58. The second kappa shape index (κ2) is 14.5. The van der Waals surface area contributed by atoms with Crippen molar-refractivity contribution in [3.63, 3.8) is 0 Å². The van der Waals surface area contributed by atoms with Crippen molar-refractivity contribution in [3.05, 3.63) is 28.6 Å². The molecular formula is C32H45ClN4O4S3. The lowest BCUT2D eigenvalue weighted by molar-refractivity contribution is -0.143. The van der Waals surface area contributed by atoms with Crippen molar-refractivity contribution in [2.45, 2.75) is 118 Å². The van der Waals surface area contributed by atoms with Crippen LogP contribution in [0.4, 0.5) is 0 Å². The van der Waals surface area contributed by atoms with Crippen molar-refractivity contribution in [2.75, 3.05) is 26.2 Å². The molecule has 2 unspecified atom stereocenters. The van der Waals surface area contributed by atoms with Crippen LogP contribution in [0.3, 0.4) is 0 Å². The third kappa shape index (κ3) is 7.55. The number of carbonyl (C=O) groups excluding carboxylic acids is 2. The Morgan fingerprint density at radius 2 is 1.48 bits per heavy atom. The fourth-order valence-electron chi connectivity index (χ4n) is 7.77. The molecule has 12 heteroatoms. The lowest BCUT2D eigenvalue weighted by Gasteiger charge is -2.44. The molecule has 4 fully saturated rings. The van der Waals surface area contributed by atoms with Crippen LogP contribution in [-0.2, 0) is 19.6 Å². The Balaban J connectivity index is 1.08.